The van der Waals surface area contributed by atoms with Gasteiger partial charge in [0.05, 0.1) is 12.1 Å². The molecule has 1 aliphatic heterocycles. The van der Waals surface area contributed by atoms with E-state index in [0.29, 0.717) is 6.54 Å². The number of amides is 1. The quantitative estimate of drug-likeness (QED) is 0.798. The molecule has 6 heteroatoms. The van der Waals surface area contributed by atoms with Gasteiger partial charge in [-0.2, -0.15) is 0 Å². The first-order valence-corrected chi connectivity index (χ1v) is 7.57. The van der Waals surface area contributed by atoms with Crippen molar-refractivity contribution in [1.82, 2.24) is 25.2 Å². The summed E-state index contributed by atoms with van der Waals surface area (Å²) in [5, 5.41) is 11.2. The fourth-order valence-electron chi connectivity index (χ4n) is 3.05. The van der Waals surface area contributed by atoms with E-state index >= 15 is 0 Å². The maximum Gasteiger partial charge on any atom is 0.235 e. The third-order valence-corrected chi connectivity index (χ3v) is 4.19. The van der Waals surface area contributed by atoms with Crippen LogP contribution in [-0.4, -0.2) is 32.3 Å². The smallest absolute Gasteiger partial charge is 0.235 e. The van der Waals surface area contributed by atoms with E-state index in [0.717, 1.165) is 23.1 Å². The third-order valence-electron chi connectivity index (χ3n) is 4.19. The number of aromatic nitrogens is 3. The zero-order valence-electron chi connectivity index (χ0n) is 12.8. The highest BCUT2D eigenvalue weighted by Crippen LogP contribution is 2.26. The van der Waals surface area contributed by atoms with Crippen LogP contribution in [0.3, 0.4) is 0 Å². The average molecular weight is 307 g/mol. The topological polar surface area (TPSA) is 63.1 Å². The average Bonchev–Trinajstić information content (AvgIpc) is 3.11. The lowest BCUT2D eigenvalue weighted by Crippen LogP contribution is -2.27. The summed E-state index contributed by atoms with van der Waals surface area (Å²) >= 11 is 0. The number of benzene rings is 2. The summed E-state index contributed by atoms with van der Waals surface area (Å²) in [5.41, 5.74) is 4.04. The molecule has 1 atom stereocenters. The second-order valence-corrected chi connectivity index (χ2v) is 5.82. The summed E-state index contributed by atoms with van der Waals surface area (Å²) in [6, 6.07) is 16.2. The summed E-state index contributed by atoms with van der Waals surface area (Å²) in [7, 11) is 1.87. The molecule has 4 rings (SSSR count). The van der Waals surface area contributed by atoms with Crippen molar-refractivity contribution in [2.75, 3.05) is 6.54 Å². The molecule has 23 heavy (non-hydrogen) atoms. The van der Waals surface area contributed by atoms with Gasteiger partial charge in [0.25, 0.3) is 0 Å². The first-order chi connectivity index (χ1) is 11.2. The summed E-state index contributed by atoms with van der Waals surface area (Å²) in [6.07, 6.45) is -0.130. The van der Waals surface area contributed by atoms with Crippen molar-refractivity contribution in [3.05, 3.63) is 59.7 Å². The Morgan fingerprint density at radius 3 is 2.87 bits per heavy atom. The lowest BCUT2D eigenvalue weighted by molar-refractivity contribution is -0.118. The predicted octanol–water partition coefficient (Wildman–Crippen LogP) is 1.60. The van der Waals surface area contributed by atoms with Crippen LogP contribution >= 0.6 is 0 Å². The van der Waals surface area contributed by atoms with Gasteiger partial charge in [0.2, 0.25) is 5.91 Å². The van der Waals surface area contributed by atoms with E-state index in [4.69, 9.17) is 0 Å². The second kappa shape index (κ2) is 5.48. The number of fused-ring (bicyclic) bond motifs is 1. The van der Waals surface area contributed by atoms with Crippen LogP contribution in [-0.2, 0) is 18.4 Å². The minimum atomic E-state index is -0.130. The zero-order chi connectivity index (χ0) is 15.8. The van der Waals surface area contributed by atoms with Crippen LogP contribution < -0.4 is 5.32 Å². The van der Waals surface area contributed by atoms with Crippen molar-refractivity contribution in [2.45, 2.75) is 12.7 Å². The highest BCUT2D eigenvalue weighted by atomic mass is 16.2. The molecule has 2 heterocycles. The van der Waals surface area contributed by atoms with Crippen LogP contribution in [0.25, 0.3) is 11.0 Å². The molecule has 1 unspecified atom stereocenters. The van der Waals surface area contributed by atoms with Gasteiger partial charge in [-0.25, -0.2) is 4.68 Å². The molecular weight excluding hydrogens is 290 g/mol. The number of aryl methyl sites for hydroxylation is 1. The fourth-order valence-corrected chi connectivity index (χ4v) is 3.05. The molecule has 1 saturated heterocycles. The Bertz CT molecular complexity index is 858. The number of hydrogen-bond donors (Lipinski definition) is 1. The number of hydrogen-bond acceptors (Lipinski definition) is 4. The molecule has 3 aromatic rings. The lowest BCUT2D eigenvalue weighted by Gasteiger charge is -2.23. The molecule has 0 bridgehead atoms. The summed E-state index contributed by atoms with van der Waals surface area (Å²) in [6.45, 7) is 1.13. The van der Waals surface area contributed by atoms with Gasteiger partial charge >= 0.3 is 0 Å². The summed E-state index contributed by atoms with van der Waals surface area (Å²) < 4.78 is 1.74. The molecule has 6 nitrogen and oxygen atoms in total. The maximum absolute atomic E-state index is 11.9. The summed E-state index contributed by atoms with van der Waals surface area (Å²) in [5.74, 6) is 0.0465. The SMILES string of the molecule is Cn1nnc2cc(C3NC(=O)CN3Cc3ccccc3)ccc21. The molecule has 1 aromatic heterocycles. The maximum atomic E-state index is 11.9. The standard InChI is InChI=1S/C17H17N5O/c1-21-15-8-7-13(9-14(15)19-20-21)17-18-16(23)11-22(17)10-12-5-3-2-4-6-12/h2-9,17H,10-11H2,1H3,(H,18,23). The fraction of sp³-hybridized carbons (Fsp3) is 0.235. The van der Waals surface area contributed by atoms with Crippen LogP contribution in [0.1, 0.15) is 17.3 Å². The second-order valence-electron chi connectivity index (χ2n) is 5.82. The van der Waals surface area contributed by atoms with Gasteiger partial charge in [0.1, 0.15) is 11.7 Å². The van der Waals surface area contributed by atoms with Crippen LogP contribution in [0.2, 0.25) is 0 Å². The first-order valence-electron chi connectivity index (χ1n) is 7.57. The largest absolute Gasteiger partial charge is 0.335 e. The van der Waals surface area contributed by atoms with Gasteiger partial charge in [-0.3, -0.25) is 9.69 Å². The zero-order valence-corrected chi connectivity index (χ0v) is 12.8. The monoisotopic (exact) mass is 307 g/mol. The molecular formula is C17H17N5O. The van der Waals surface area contributed by atoms with Gasteiger partial charge in [-0.15, -0.1) is 5.10 Å². The van der Waals surface area contributed by atoms with Crippen molar-refractivity contribution >= 4 is 16.9 Å². The van der Waals surface area contributed by atoms with Crippen LogP contribution in [0.4, 0.5) is 0 Å². The van der Waals surface area contributed by atoms with Crippen molar-refractivity contribution in [3.63, 3.8) is 0 Å². The minimum Gasteiger partial charge on any atom is -0.335 e. The van der Waals surface area contributed by atoms with E-state index in [2.05, 4.69) is 32.7 Å². The molecule has 1 aliphatic rings. The predicted molar refractivity (Wildman–Crippen MR) is 86.2 cm³/mol. The molecule has 1 fully saturated rings. The number of nitrogens with zero attached hydrogens (tertiary/aromatic N) is 4. The number of rotatable bonds is 3. The van der Waals surface area contributed by atoms with E-state index < -0.39 is 0 Å². The van der Waals surface area contributed by atoms with Crippen molar-refractivity contribution in [3.8, 4) is 0 Å². The molecule has 0 saturated carbocycles. The van der Waals surface area contributed by atoms with Crippen LogP contribution in [0.5, 0.6) is 0 Å². The normalized spacial score (nSPS) is 18.5. The van der Waals surface area contributed by atoms with Gasteiger partial charge in [-0.1, -0.05) is 41.6 Å². The molecule has 1 amide bonds. The molecule has 1 N–H and O–H groups in total. The van der Waals surface area contributed by atoms with Gasteiger partial charge < -0.3 is 5.32 Å². The van der Waals surface area contributed by atoms with E-state index in [1.54, 1.807) is 4.68 Å². The van der Waals surface area contributed by atoms with Gasteiger partial charge in [-0.05, 0) is 23.3 Å². The molecule has 0 spiro atoms. The highest BCUT2D eigenvalue weighted by Gasteiger charge is 2.31. The molecule has 0 radical (unpaired) electrons. The number of carbonyl (C=O) groups is 1. The molecule has 2 aromatic carbocycles. The molecule has 0 aliphatic carbocycles. The van der Waals surface area contributed by atoms with Crippen molar-refractivity contribution in [1.29, 1.82) is 0 Å². The van der Waals surface area contributed by atoms with E-state index in [9.17, 15) is 4.79 Å². The van der Waals surface area contributed by atoms with Gasteiger partial charge in [0.15, 0.2) is 0 Å². The van der Waals surface area contributed by atoms with Crippen molar-refractivity contribution in [2.24, 2.45) is 7.05 Å². The Labute approximate surface area is 133 Å². The summed E-state index contributed by atoms with van der Waals surface area (Å²) in [4.78, 5) is 14.0. The van der Waals surface area contributed by atoms with Gasteiger partial charge in [0, 0.05) is 13.6 Å². The van der Waals surface area contributed by atoms with Crippen LogP contribution in [0.15, 0.2) is 48.5 Å². The number of carbonyl (C=O) groups excluding carboxylic acids is 1. The number of nitrogens with one attached hydrogen (secondary N) is 1. The third kappa shape index (κ3) is 2.57. The Balaban J connectivity index is 1.65. The Kier molecular flexibility index (Phi) is 3.31. The Morgan fingerprint density at radius 1 is 1.22 bits per heavy atom. The Hall–Kier alpha value is -2.73. The van der Waals surface area contributed by atoms with Crippen molar-refractivity contribution < 1.29 is 4.79 Å². The van der Waals surface area contributed by atoms with Crippen LogP contribution in [0, 0.1) is 0 Å². The van der Waals surface area contributed by atoms with E-state index in [-0.39, 0.29) is 12.1 Å². The Morgan fingerprint density at radius 2 is 2.04 bits per heavy atom. The lowest BCUT2D eigenvalue weighted by atomic mass is 10.1. The highest BCUT2D eigenvalue weighted by molar-refractivity contribution is 5.81. The molecule has 116 valence electrons. The minimum absolute atomic E-state index is 0.0465. The van der Waals surface area contributed by atoms with E-state index in [1.165, 1.54) is 5.56 Å². The van der Waals surface area contributed by atoms with E-state index in [1.807, 2.05) is 43.4 Å². The first kappa shape index (κ1) is 13.9.